The summed E-state index contributed by atoms with van der Waals surface area (Å²) in [5.74, 6) is -0.999. The highest BCUT2D eigenvalue weighted by molar-refractivity contribution is 6.31. The molecule has 4 N–H and O–H groups in total. The maximum atomic E-state index is 10.8. The van der Waals surface area contributed by atoms with Gasteiger partial charge in [0.15, 0.2) is 0 Å². The lowest BCUT2D eigenvalue weighted by molar-refractivity contribution is -0.138. The number of aliphatic carboxylic acids is 1. The number of hydrogen-bond donors (Lipinski definition) is 3. The number of fused-ring (bicyclic) bond motifs is 1. The number of rotatable bonds is 3. The molecule has 0 saturated carbocycles. The SMILES string of the molecule is Cc1[nH]c2ccc(Cl)cc2c1CC(N)C(=O)O. The van der Waals surface area contributed by atoms with Gasteiger partial charge >= 0.3 is 5.97 Å². The Bertz CT molecular complexity index is 577. The molecule has 17 heavy (non-hydrogen) atoms. The fourth-order valence-electron chi connectivity index (χ4n) is 1.92. The van der Waals surface area contributed by atoms with E-state index in [2.05, 4.69) is 4.98 Å². The monoisotopic (exact) mass is 252 g/mol. The van der Waals surface area contributed by atoms with Gasteiger partial charge in [0.2, 0.25) is 0 Å². The predicted molar refractivity (Wildman–Crippen MR) is 67.4 cm³/mol. The van der Waals surface area contributed by atoms with E-state index in [1.807, 2.05) is 19.1 Å². The molecule has 0 saturated heterocycles. The van der Waals surface area contributed by atoms with E-state index in [1.54, 1.807) is 6.07 Å². The van der Waals surface area contributed by atoms with Crippen LogP contribution in [0.4, 0.5) is 0 Å². The van der Waals surface area contributed by atoms with Crippen molar-refractivity contribution in [2.24, 2.45) is 5.73 Å². The van der Waals surface area contributed by atoms with Gasteiger partial charge in [0.25, 0.3) is 0 Å². The molecule has 0 aliphatic rings. The smallest absolute Gasteiger partial charge is 0.320 e. The van der Waals surface area contributed by atoms with Crippen LogP contribution in [0.2, 0.25) is 5.02 Å². The Morgan fingerprint density at radius 2 is 2.29 bits per heavy atom. The molecule has 5 heteroatoms. The molecule has 1 unspecified atom stereocenters. The second-order valence-electron chi connectivity index (χ2n) is 4.07. The van der Waals surface area contributed by atoms with Crippen LogP contribution in [-0.2, 0) is 11.2 Å². The first-order valence-electron chi connectivity index (χ1n) is 5.24. The molecule has 2 aromatic rings. The standard InChI is InChI=1S/C12H13ClN2O2/c1-6-8(5-10(14)12(16)17)9-4-7(13)2-3-11(9)15-6/h2-4,10,15H,5,14H2,1H3,(H,16,17). The maximum absolute atomic E-state index is 10.8. The van der Waals surface area contributed by atoms with Gasteiger partial charge < -0.3 is 15.8 Å². The maximum Gasteiger partial charge on any atom is 0.320 e. The third kappa shape index (κ3) is 2.28. The van der Waals surface area contributed by atoms with Crippen molar-refractivity contribution in [3.05, 3.63) is 34.5 Å². The van der Waals surface area contributed by atoms with Crippen molar-refractivity contribution in [3.63, 3.8) is 0 Å². The van der Waals surface area contributed by atoms with E-state index >= 15 is 0 Å². The van der Waals surface area contributed by atoms with Crippen LogP contribution in [0.5, 0.6) is 0 Å². The number of aryl methyl sites for hydroxylation is 1. The van der Waals surface area contributed by atoms with Gasteiger partial charge in [-0.3, -0.25) is 4.79 Å². The molecule has 1 aromatic heterocycles. The first-order chi connectivity index (χ1) is 7.99. The zero-order chi connectivity index (χ0) is 12.6. The van der Waals surface area contributed by atoms with Crippen LogP contribution in [0.1, 0.15) is 11.3 Å². The third-order valence-electron chi connectivity index (χ3n) is 2.82. The number of benzene rings is 1. The van der Waals surface area contributed by atoms with Crippen LogP contribution in [0.3, 0.4) is 0 Å². The Morgan fingerprint density at radius 3 is 2.94 bits per heavy atom. The van der Waals surface area contributed by atoms with Gasteiger partial charge in [-0.15, -0.1) is 0 Å². The summed E-state index contributed by atoms with van der Waals surface area (Å²) in [6.07, 6.45) is 0.293. The molecule has 0 amide bonds. The lowest BCUT2D eigenvalue weighted by Crippen LogP contribution is -2.32. The van der Waals surface area contributed by atoms with E-state index in [1.165, 1.54) is 0 Å². The minimum absolute atomic E-state index is 0.293. The van der Waals surface area contributed by atoms with Crippen LogP contribution in [0, 0.1) is 6.92 Å². The van der Waals surface area contributed by atoms with Gasteiger partial charge in [0.1, 0.15) is 6.04 Å². The van der Waals surface area contributed by atoms with Gasteiger partial charge in [-0.2, -0.15) is 0 Å². The largest absolute Gasteiger partial charge is 0.480 e. The fraction of sp³-hybridized carbons (Fsp3) is 0.250. The van der Waals surface area contributed by atoms with E-state index in [4.69, 9.17) is 22.4 Å². The molecule has 0 radical (unpaired) electrons. The molecule has 1 aromatic carbocycles. The quantitative estimate of drug-likeness (QED) is 0.783. The van der Waals surface area contributed by atoms with Crippen molar-refractivity contribution < 1.29 is 9.90 Å². The van der Waals surface area contributed by atoms with E-state index in [9.17, 15) is 4.79 Å². The molecule has 4 nitrogen and oxygen atoms in total. The molecule has 0 aliphatic heterocycles. The number of carboxylic acids is 1. The van der Waals surface area contributed by atoms with Crippen molar-refractivity contribution in [1.82, 2.24) is 4.98 Å². The minimum atomic E-state index is -0.999. The van der Waals surface area contributed by atoms with Crippen molar-refractivity contribution in [2.75, 3.05) is 0 Å². The first-order valence-corrected chi connectivity index (χ1v) is 5.62. The summed E-state index contributed by atoms with van der Waals surface area (Å²) in [4.78, 5) is 14.0. The molecule has 2 rings (SSSR count). The van der Waals surface area contributed by atoms with Crippen LogP contribution in [-0.4, -0.2) is 22.1 Å². The highest BCUT2D eigenvalue weighted by Crippen LogP contribution is 2.26. The summed E-state index contributed by atoms with van der Waals surface area (Å²) < 4.78 is 0. The van der Waals surface area contributed by atoms with Gasteiger partial charge in [0.05, 0.1) is 0 Å². The molecule has 0 bridgehead atoms. The number of halogens is 1. The van der Waals surface area contributed by atoms with Crippen LogP contribution in [0.25, 0.3) is 10.9 Å². The van der Waals surface area contributed by atoms with Crippen molar-refractivity contribution in [3.8, 4) is 0 Å². The fourth-order valence-corrected chi connectivity index (χ4v) is 2.10. The van der Waals surface area contributed by atoms with Gasteiger partial charge in [-0.05, 0) is 30.7 Å². The van der Waals surface area contributed by atoms with Crippen molar-refractivity contribution >= 4 is 28.5 Å². The highest BCUT2D eigenvalue weighted by atomic mass is 35.5. The second-order valence-corrected chi connectivity index (χ2v) is 4.50. The zero-order valence-corrected chi connectivity index (χ0v) is 10.1. The number of hydrogen-bond acceptors (Lipinski definition) is 2. The Hall–Kier alpha value is -1.52. The summed E-state index contributed by atoms with van der Waals surface area (Å²) in [5.41, 5.74) is 8.35. The Labute approximate surface area is 103 Å². The average molecular weight is 253 g/mol. The average Bonchev–Trinajstić information content (AvgIpc) is 2.55. The Kier molecular flexibility index (Phi) is 3.09. The number of carboxylic acid groups (broad SMARTS) is 1. The summed E-state index contributed by atoms with van der Waals surface area (Å²) in [7, 11) is 0. The molecule has 0 aliphatic carbocycles. The minimum Gasteiger partial charge on any atom is -0.480 e. The van der Waals surface area contributed by atoms with E-state index in [0.29, 0.717) is 11.4 Å². The number of aromatic nitrogens is 1. The van der Waals surface area contributed by atoms with E-state index in [-0.39, 0.29) is 0 Å². The van der Waals surface area contributed by atoms with Gasteiger partial charge in [0, 0.05) is 28.0 Å². The topological polar surface area (TPSA) is 79.1 Å². The van der Waals surface area contributed by atoms with Crippen molar-refractivity contribution in [1.29, 1.82) is 0 Å². The van der Waals surface area contributed by atoms with Crippen molar-refractivity contribution in [2.45, 2.75) is 19.4 Å². The molecule has 90 valence electrons. The number of nitrogens with one attached hydrogen (secondary N) is 1. The molecule has 0 fully saturated rings. The van der Waals surface area contributed by atoms with E-state index < -0.39 is 12.0 Å². The normalized spacial score (nSPS) is 12.9. The van der Waals surface area contributed by atoms with Gasteiger partial charge in [-0.25, -0.2) is 0 Å². The van der Waals surface area contributed by atoms with Crippen LogP contribution in [0.15, 0.2) is 18.2 Å². The summed E-state index contributed by atoms with van der Waals surface area (Å²) >= 11 is 5.94. The molecular formula is C12H13ClN2O2. The number of nitrogens with two attached hydrogens (primary N) is 1. The third-order valence-corrected chi connectivity index (χ3v) is 3.06. The van der Waals surface area contributed by atoms with E-state index in [0.717, 1.165) is 22.2 Å². The summed E-state index contributed by atoms with van der Waals surface area (Å²) in [6.45, 7) is 1.90. The number of aromatic amines is 1. The Balaban J connectivity index is 2.48. The second kappa shape index (κ2) is 4.39. The summed E-state index contributed by atoms with van der Waals surface area (Å²) in [6, 6.07) is 4.59. The number of carbonyl (C=O) groups is 1. The predicted octanol–water partition coefficient (Wildman–Crippen LogP) is 2.08. The summed E-state index contributed by atoms with van der Waals surface area (Å²) in [5, 5.41) is 10.4. The lowest BCUT2D eigenvalue weighted by atomic mass is 10.0. The molecule has 1 atom stereocenters. The molecule has 0 spiro atoms. The van der Waals surface area contributed by atoms with Crippen LogP contribution < -0.4 is 5.73 Å². The Morgan fingerprint density at radius 1 is 1.59 bits per heavy atom. The highest BCUT2D eigenvalue weighted by Gasteiger charge is 2.17. The first kappa shape index (κ1) is 12.0. The molecule has 1 heterocycles. The zero-order valence-electron chi connectivity index (χ0n) is 9.33. The van der Waals surface area contributed by atoms with Crippen LogP contribution >= 0.6 is 11.6 Å². The lowest BCUT2D eigenvalue weighted by Gasteiger charge is -2.06. The number of H-pyrrole nitrogens is 1. The van der Waals surface area contributed by atoms with Gasteiger partial charge in [-0.1, -0.05) is 11.6 Å². The molecular weight excluding hydrogens is 240 g/mol.